The van der Waals surface area contributed by atoms with Crippen LogP contribution in [-0.2, 0) is 9.59 Å². The van der Waals surface area contributed by atoms with Gasteiger partial charge in [0.05, 0.1) is 6.42 Å². The van der Waals surface area contributed by atoms with Gasteiger partial charge in [0.1, 0.15) is 5.78 Å². The molecule has 74 valence electrons. The molecule has 1 amide bonds. The molecule has 0 heterocycles. The van der Waals surface area contributed by atoms with Crippen LogP contribution in [0.4, 0.5) is 0 Å². The molecule has 0 spiro atoms. The zero-order chi connectivity index (χ0) is 10.4. The van der Waals surface area contributed by atoms with Crippen LogP contribution in [0.3, 0.4) is 0 Å². The van der Waals surface area contributed by atoms with E-state index in [1.165, 1.54) is 6.92 Å². The molecule has 3 nitrogen and oxygen atoms in total. The highest BCUT2D eigenvalue weighted by Crippen LogP contribution is 2.01. The maximum absolute atomic E-state index is 11.4. The molecular weight excluding hydrogens is 166 g/mol. The van der Waals surface area contributed by atoms with Gasteiger partial charge < -0.3 is 4.90 Å². The van der Waals surface area contributed by atoms with Crippen LogP contribution in [0, 0.1) is 0 Å². The number of Topliss-reactive ketones (excluding diaryl/α,β-unsaturated/α-hetero) is 1. The summed E-state index contributed by atoms with van der Waals surface area (Å²) in [4.78, 5) is 23.8. The summed E-state index contributed by atoms with van der Waals surface area (Å²) in [5.74, 6) is -0.220. The number of amides is 1. The lowest BCUT2D eigenvalue weighted by atomic mass is 10.2. The number of hydrogen-bond donors (Lipinski definition) is 0. The SMILES string of the molecule is C=CCN(C(=O)CC(C)=O)C(C)C. The number of carbonyl (C=O) groups excluding carboxylic acids is 2. The molecule has 0 rings (SSSR count). The quantitative estimate of drug-likeness (QED) is 0.477. The Kier molecular flexibility index (Phi) is 5.04. The largest absolute Gasteiger partial charge is 0.336 e. The summed E-state index contributed by atoms with van der Waals surface area (Å²) >= 11 is 0. The van der Waals surface area contributed by atoms with Gasteiger partial charge in [-0.15, -0.1) is 6.58 Å². The van der Waals surface area contributed by atoms with Crippen molar-refractivity contribution < 1.29 is 9.59 Å². The third-order valence-electron chi connectivity index (χ3n) is 1.67. The van der Waals surface area contributed by atoms with E-state index >= 15 is 0 Å². The van der Waals surface area contributed by atoms with Crippen molar-refractivity contribution in [2.45, 2.75) is 33.2 Å². The van der Waals surface area contributed by atoms with E-state index in [4.69, 9.17) is 0 Å². The first-order chi connectivity index (χ1) is 5.99. The molecule has 0 atom stereocenters. The van der Waals surface area contributed by atoms with E-state index < -0.39 is 0 Å². The fourth-order valence-electron chi connectivity index (χ4n) is 1.05. The molecule has 0 aromatic heterocycles. The molecule has 0 bridgehead atoms. The molecule has 0 radical (unpaired) electrons. The van der Waals surface area contributed by atoms with E-state index in [2.05, 4.69) is 6.58 Å². The predicted octanol–water partition coefficient (Wildman–Crippen LogP) is 1.39. The topological polar surface area (TPSA) is 37.4 Å². The highest BCUT2D eigenvalue weighted by Gasteiger charge is 2.16. The van der Waals surface area contributed by atoms with Gasteiger partial charge in [-0.05, 0) is 20.8 Å². The molecule has 0 unspecified atom stereocenters. The summed E-state index contributed by atoms with van der Waals surface area (Å²) in [5, 5.41) is 0. The minimum atomic E-state index is -0.123. The first-order valence-corrected chi connectivity index (χ1v) is 4.38. The van der Waals surface area contributed by atoms with Crippen LogP contribution >= 0.6 is 0 Å². The maximum Gasteiger partial charge on any atom is 0.230 e. The summed E-state index contributed by atoms with van der Waals surface area (Å²) in [6.07, 6.45) is 1.66. The summed E-state index contributed by atoms with van der Waals surface area (Å²) in [6, 6.07) is 0.116. The van der Waals surface area contributed by atoms with Crippen LogP contribution in [0.15, 0.2) is 12.7 Å². The predicted molar refractivity (Wildman–Crippen MR) is 52.3 cm³/mol. The number of ketones is 1. The van der Waals surface area contributed by atoms with Crippen molar-refractivity contribution in [2.75, 3.05) is 6.54 Å². The Hall–Kier alpha value is -1.12. The van der Waals surface area contributed by atoms with E-state index in [1.54, 1.807) is 11.0 Å². The zero-order valence-corrected chi connectivity index (χ0v) is 8.54. The second-order valence-corrected chi connectivity index (χ2v) is 3.31. The average molecular weight is 183 g/mol. The smallest absolute Gasteiger partial charge is 0.230 e. The van der Waals surface area contributed by atoms with Crippen LogP contribution in [0.1, 0.15) is 27.2 Å². The number of nitrogens with zero attached hydrogens (tertiary/aromatic N) is 1. The van der Waals surface area contributed by atoms with Crippen molar-refractivity contribution in [1.29, 1.82) is 0 Å². The summed E-state index contributed by atoms with van der Waals surface area (Å²) in [7, 11) is 0. The van der Waals surface area contributed by atoms with Gasteiger partial charge in [0.15, 0.2) is 0 Å². The van der Waals surface area contributed by atoms with Gasteiger partial charge in [-0.25, -0.2) is 0 Å². The van der Waals surface area contributed by atoms with Gasteiger partial charge in [0.2, 0.25) is 5.91 Å². The molecule has 0 aliphatic rings. The highest BCUT2D eigenvalue weighted by atomic mass is 16.2. The van der Waals surface area contributed by atoms with Gasteiger partial charge in [-0.1, -0.05) is 6.08 Å². The molecule has 0 aliphatic heterocycles. The standard InChI is InChI=1S/C10H17NO2/c1-5-6-11(8(2)3)10(13)7-9(4)12/h5,8H,1,6-7H2,2-4H3. The summed E-state index contributed by atoms with van der Waals surface area (Å²) in [5.41, 5.74) is 0. The number of hydrogen-bond acceptors (Lipinski definition) is 2. The Morgan fingerprint density at radius 2 is 2.00 bits per heavy atom. The molecule has 13 heavy (non-hydrogen) atoms. The Balaban J connectivity index is 4.27. The van der Waals surface area contributed by atoms with Gasteiger partial charge in [0, 0.05) is 12.6 Å². The molecule has 0 aromatic rings. The maximum atomic E-state index is 11.4. The fourth-order valence-corrected chi connectivity index (χ4v) is 1.05. The number of rotatable bonds is 5. The average Bonchev–Trinajstić information content (AvgIpc) is 1.97. The van der Waals surface area contributed by atoms with Crippen molar-refractivity contribution in [1.82, 2.24) is 4.90 Å². The molecule has 0 saturated carbocycles. The lowest BCUT2D eigenvalue weighted by Crippen LogP contribution is -2.37. The van der Waals surface area contributed by atoms with E-state index in [-0.39, 0.29) is 24.2 Å². The van der Waals surface area contributed by atoms with Crippen molar-refractivity contribution >= 4 is 11.7 Å². The third-order valence-corrected chi connectivity index (χ3v) is 1.67. The first-order valence-electron chi connectivity index (χ1n) is 4.38. The van der Waals surface area contributed by atoms with Crippen LogP contribution in [-0.4, -0.2) is 29.2 Å². The van der Waals surface area contributed by atoms with Gasteiger partial charge in [0.25, 0.3) is 0 Å². The second kappa shape index (κ2) is 5.51. The Labute approximate surface area is 79.4 Å². The minimum Gasteiger partial charge on any atom is -0.336 e. The molecule has 3 heteroatoms. The molecule has 0 saturated heterocycles. The normalized spacial score (nSPS) is 9.85. The van der Waals surface area contributed by atoms with Gasteiger partial charge in [-0.3, -0.25) is 9.59 Å². The molecule has 0 fully saturated rings. The zero-order valence-electron chi connectivity index (χ0n) is 8.54. The van der Waals surface area contributed by atoms with Gasteiger partial charge >= 0.3 is 0 Å². The van der Waals surface area contributed by atoms with Crippen LogP contribution in [0.5, 0.6) is 0 Å². The molecular formula is C10H17NO2. The van der Waals surface area contributed by atoms with Crippen LogP contribution < -0.4 is 0 Å². The molecule has 0 aliphatic carbocycles. The van der Waals surface area contributed by atoms with Crippen molar-refractivity contribution in [3.8, 4) is 0 Å². The summed E-state index contributed by atoms with van der Waals surface area (Å²) in [6.45, 7) is 9.33. The lowest BCUT2D eigenvalue weighted by molar-refractivity contribution is -0.135. The monoisotopic (exact) mass is 183 g/mol. The van der Waals surface area contributed by atoms with Crippen molar-refractivity contribution in [2.24, 2.45) is 0 Å². The molecule has 0 aromatic carbocycles. The minimum absolute atomic E-state index is 0.00792. The lowest BCUT2D eigenvalue weighted by Gasteiger charge is -2.24. The Bertz CT molecular complexity index is 209. The van der Waals surface area contributed by atoms with E-state index in [0.29, 0.717) is 6.54 Å². The third kappa shape index (κ3) is 4.45. The van der Waals surface area contributed by atoms with Crippen LogP contribution in [0.2, 0.25) is 0 Å². The first kappa shape index (κ1) is 11.9. The summed E-state index contributed by atoms with van der Waals surface area (Å²) < 4.78 is 0. The van der Waals surface area contributed by atoms with E-state index in [0.717, 1.165) is 0 Å². The van der Waals surface area contributed by atoms with Gasteiger partial charge in [-0.2, -0.15) is 0 Å². The molecule has 0 N–H and O–H groups in total. The van der Waals surface area contributed by atoms with Crippen molar-refractivity contribution in [3.05, 3.63) is 12.7 Å². The highest BCUT2D eigenvalue weighted by molar-refractivity contribution is 5.96. The fraction of sp³-hybridized carbons (Fsp3) is 0.600. The van der Waals surface area contributed by atoms with E-state index in [9.17, 15) is 9.59 Å². The second-order valence-electron chi connectivity index (χ2n) is 3.31. The Morgan fingerprint density at radius 3 is 2.31 bits per heavy atom. The van der Waals surface area contributed by atoms with E-state index in [1.807, 2.05) is 13.8 Å². The van der Waals surface area contributed by atoms with Crippen LogP contribution in [0.25, 0.3) is 0 Å². The van der Waals surface area contributed by atoms with Crippen molar-refractivity contribution in [3.63, 3.8) is 0 Å². The Morgan fingerprint density at radius 1 is 1.46 bits per heavy atom. The number of carbonyl (C=O) groups is 2.